The standard InChI is InChI=1S/C19H19N3O3S/c1-11-8-14(26(20,24)25)10-18(13(11)3)22-19(23)16-9-12(2)21-17-7-5-4-6-15(16)17/h4-10H,1-3H3,(H,22,23)(H2,20,24,25). The van der Waals surface area contributed by atoms with Gasteiger partial charge in [0.15, 0.2) is 0 Å². The Balaban J connectivity index is 2.08. The maximum absolute atomic E-state index is 12.9. The van der Waals surface area contributed by atoms with Crippen LogP contribution in [0.5, 0.6) is 0 Å². The number of benzene rings is 2. The number of aromatic nitrogens is 1. The van der Waals surface area contributed by atoms with Crippen molar-refractivity contribution in [3.8, 4) is 0 Å². The van der Waals surface area contributed by atoms with E-state index in [1.54, 1.807) is 13.0 Å². The minimum Gasteiger partial charge on any atom is -0.322 e. The van der Waals surface area contributed by atoms with E-state index < -0.39 is 10.0 Å². The van der Waals surface area contributed by atoms with E-state index in [0.717, 1.165) is 27.7 Å². The molecule has 3 aromatic rings. The molecule has 0 fully saturated rings. The Bertz CT molecular complexity index is 1140. The monoisotopic (exact) mass is 369 g/mol. The molecule has 0 saturated carbocycles. The van der Waals surface area contributed by atoms with Gasteiger partial charge in [-0.3, -0.25) is 9.78 Å². The summed E-state index contributed by atoms with van der Waals surface area (Å²) in [6.45, 7) is 5.40. The smallest absolute Gasteiger partial charge is 0.256 e. The fourth-order valence-corrected chi connectivity index (χ4v) is 3.43. The Labute approximate surface area is 152 Å². The molecule has 0 aliphatic carbocycles. The number of para-hydroxylation sites is 1. The third kappa shape index (κ3) is 3.44. The summed E-state index contributed by atoms with van der Waals surface area (Å²) in [7, 11) is -3.87. The predicted octanol–water partition coefficient (Wildman–Crippen LogP) is 3.06. The molecule has 1 heterocycles. The van der Waals surface area contributed by atoms with Crippen LogP contribution < -0.4 is 10.5 Å². The van der Waals surface area contributed by atoms with Crippen LogP contribution in [0.1, 0.15) is 27.2 Å². The number of pyridine rings is 1. The van der Waals surface area contributed by atoms with E-state index in [-0.39, 0.29) is 10.8 Å². The maximum atomic E-state index is 12.9. The van der Waals surface area contributed by atoms with Crippen LogP contribution >= 0.6 is 0 Å². The maximum Gasteiger partial charge on any atom is 0.256 e. The summed E-state index contributed by atoms with van der Waals surface area (Å²) >= 11 is 0. The highest BCUT2D eigenvalue weighted by atomic mass is 32.2. The number of primary sulfonamides is 1. The molecule has 3 N–H and O–H groups in total. The molecule has 0 atom stereocenters. The van der Waals surface area contributed by atoms with Gasteiger partial charge in [-0.05, 0) is 56.2 Å². The van der Waals surface area contributed by atoms with E-state index >= 15 is 0 Å². The van der Waals surface area contributed by atoms with Crippen LogP contribution in [0.3, 0.4) is 0 Å². The van der Waals surface area contributed by atoms with Gasteiger partial charge in [-0.15, -0.1) is 0 Å². The number of amides is 1. The van der Waals surface area contributed by atoms with Gasteiger partial charge >= 0.3 is 0 Å². The highest BCUT2D eigenvalue weighted by Gasteiger charge is 2.17. The second-order valence-corrected chi connectivity index (χ2v) is 7.80. The van der Waals surface area contributed by atoms with Gasteiger partial charge in [0.1, 0.15) is 0 Å². The van der Waals surface area contributed by atoms with Crippen molar-refractivity contribution in [2.24, 2.45) is 5.14 Å². The summed E-state index contributed by atoms with van der Waals surface area (Å²) in [5.74, 6) is -0.333. The molecule has 0 spiro atoms. The van der Waals surface area contributed by atoms with E-state index in [1.807, 2.05) is 38.1 Å². The first kappa shape index (κ1) is 18.0. The molecule has 1 aromatic heterocycles. The van der Waals surface area contributed by atoms with Crippen LogP contribution in [-0.2, 0) is 10.0 Å². The minimum atomic E-state index is -3.87. The minimum absolute atomic E-state index is 0.0355. The molecule has 3 rings (SSSR count). The molecule has 0 aliphatic heterocycles. The van der Waals surface area contributed by atoms with Crippen LogP contribution in [0.2, 0.25) is 0 Å². The van der Waals surface area contributed by atoms with Crippen molar-refractivity contribution in [1.29, 1.82) is 0 Å². The number of fused-ring (bicyclic) bond motifs is 1. The van der Waals surface area contributed by atoms with E-state index in [2.05, 4.69) is 10.3 Å². The Morgan fingerprint density at radius 1 is 1.08 bits per heavy atom. The molecule has 2 aromatic carbocycles. The van der Waals surface area contributed by atoms with E-state index in [0.29, 0.717) is 11.3 Å². The number of sulfonamides is 1. The number of hydrogen-bond acceptors (Lipinski definition) is 4. The third-order valence-corrected chi connectivity index (χ3v) is 5.20. The normalized spacial score (nSPS) is 11.5. The number of nitrogens with two attached hydrogens (primary N) is 1. The second-order valence-electron chi connectivity index (χ2n) is 6.24. The van der Waals surface area contributed by atoms with Crippen molar-refractivity contribution in [3.63, 3.8) is 0 Å². The molecule has 0 aliphatic rings. The third-order valence-electron chi connectivity index (χ3n) is 4.31. The summed E-state index contributed by atoms with van der Waals surface area (Å²) in [5.41, 5.74) is 3.84. The molecule has 0 radical (unpaired) electrons. The van der Waals surface area contributed by atoms with Crippen LogP contribution in [0.15, 0.2) is 47.4 Å². The van der Waals surface area contributed by atoms with Gasteiger partial charge in [0.05, 0.1) is 16.0 Å². The Morgan fingerprint density at radius 2 is 1.77 bits per heavy atom. The first-order valence-corrected chi connectivity index (χ1v) is 9.53. The molecule has 7 heteroatoms. The largest absolute Gasteiger partial charge is 0.322 e. The van der Waals surface area contributed by atoms with Crippen molar-refractivity contribution in [3.05, 3.63) is 64.8 Å². The van der Waals surface area contributed by atoms with Crippen molar-refractivity contribution in [1.82, 2.24) is 4.98 Å². The lowest BCUT2D eigenvalue weighted by Gasteiger charge is -2.14. The summed E-state index contributed by atoms with van der Waals surface area (Å²) in [4.78, 5) is 17.3. The lowest BCUT2D eigenvalue weighted by molar-refractivity contribution is 0.102. The summed E-state index contributed by atoms with van der Waals surface area (Å²) in [5, 5.41) is 8.77. The van der Waals surface area contributed by atoms with Crippen molar-refractivity contribution < 1.29 is 13.2 Å². The van der Waals surface area contributed by atoms with Gasteiger partial charge in [-0.2, -0.15) is 0 Å². The molecule has 134 valence electrons. The zero-order valence-corrected chi connectivity index (χ0v) is 15.5. The molecule has 1 amide bonds. The lowest BCUT2D eigenvalue weighted by Crippen LogP contribution is -2.17. The summed E-state index contributed by atoms with van der Waals surface area (Å²) in [6, 6.07) is 12.0. The van der Waals surface area contributed by atoms with E-state index in [9.17, 15) is 13.2 Å². The van der Waals surface area contributed by atoms with Gasteiger partial charge < -0.3 is 5.32 Å². The zero-order valence-electron chi connectivity index (χ0n) is 14.7. The van der Waals surface area contributed by atoms with Crippen LogP contribution in [-0.4, -0.2) is 19.3 Å². The number of anilines is 1. The van der Waals surface area contributed by atoms with Crippen LogP contribution in [0.4, 0.5) is 5.69 Å². The van der Waals surface area contributed by atoms with E-state index in [4.69, 9.17) is 5.14 Å². The Morgan fingerprint density at radius 3 is 2.46 bits per heavy atom. The van der Waals surface area contributed by atoms with Gasteiger partial charge in [0.25, 0.3) is 5.91 Å². The van der Waals surface area contributed by atoms with Gasteiger partial charge in [-0.1, -0.05) is 18.2 Å². The SMILES string of the molecule is Cc1cc(C(=O)Nc2cc(S(N)(=O)=O)cc(C)c2C)c2ccccc2n1. The number of nitrogens with zero attached hydrogens (tertiary/aromatic N) is 1. The van der Waals surface area contributed by atoms with Gasteiger partial charge in [0.2, 0.25) is 10.0 Å². The van der Waals surface area contributed by atoms with Gasteiger partial charge in [-0.25, -0.2) is 13.6 Å². The van der Waals surface area contributed by atoms with Gasteiger partial charge in [0, 0.05) is 16.8 Å². The van der Waals surface area contributed by atoms with Crippen molar-refractivity contribution in [2.45, 2.75) is 25.7 Å². The Hall–Kier alpha value is -2.77. The highest BCUT2D eigenvalue weighted by Crippen LogP contribution is 2.25. The average Bonchev–Trinajstić information content (AvgIpc) is 2.56. The fourth-order valence-electron chi connectivity index (χ4n) is 2.81. The second kappa shape index (κ2) is 6.51. The fraction of sp³-hybridized carbons (Fsp3) is 0.158. The van der Waals surface area contributed by atoms with E-state index in [1.165, 1.54) is 12.1 Å². The molecule has 6 nitrogen and oxygen atoms in total. The number of hydrogen-bond donors (Lipinski definition) is 2. The predicted molar refractivity (Wildman–Crippen MR) is 102 cm³/mol. The van der Waals surface area contributed by atoms with Crippen LogP contribution in [0.25, 0.3) is 10.9 Å². The number of carbonyl (C=O) groups excluding carboxylic acids is 1. The summed E-state index contributed by atoms with van der Waals surface area (Å²) in [6.07, 6.45) is 0. The number of nitrogens with one attached hydrogen (secondary N) is 1. The molecule has 0 saturated heterocycles. The first-order chi connectivity index (χ1) is 12.2. The molecular weight excluding hydrogens is 350 g/mol. The lowest BCUT2D eigenvalue weighted by atomic mass is 10.1. The van der Waals surface area contributed by atoms with Crippen LogP contribution in [0, 0.1) is 20.8 Å². The summed E-state index contributed by atoms with van der Waals surface area (Å²) < 4.78 is 23.4. The topological polar surface area (TPSA) is 102 Å². The molecule has 0 unspecified atom stereocenters. The Kier molecular flexibility index (Phi) is 4.52. The average molecular weight is 369 g/mol. The highest BCUT2D eigenvalue weighted by molar-refractivity contribution is 7.89. The first-order valence-electron chi connectivity index (χ1n) is 7.98. The molecule has 0 bridgehead atoms. The molecule has 26 heavy (non-hydrogen) atoms. The quantitative estimate of drug-likeness (QED) is 0.740. The number of carbonyl (C=O) groups is 1. The molecular formula is C19H19N3O3S. The van der Waals surface area contributed by atoms with Crippen molar-refractivity contribution in [2.75, 3.05) is 5.32 Å². The van der Waals surface area contributed by atoms with Crippen molar-refractivity contribution >= 4 is 32.5 Å². The number of aryl methyl sites for hydroxylation is 2. The zero-order chi connectivity index (χ0) is 19.1. The number of rotatable bonds is 3.